The summed E-state index contributed by atoms with van der Waals surface area (Å²) >= 11 is 6.75. The van der Waals surface area contributed by atoms with Crippen LogP contribution in [-0.2, 0) is 28.8 Å². The van der Waals surface area contributed by atoms with Crippen molar-refractivity contribution in [3.05, 3.63) is 54.6 Å². The standard InChI is InChI=1S/C34H50ClNO9S/c1-21(15-24(35)12-13-30-22(2)16-25(43-30)9-8-14-37)23(3)29(38)18-31-28(20-46(40,41)27-10-6-5-7-11-27)33(42-4)32(45-31)17-26-19-36-34(39)44-26/h5-7,10-11,21,24-26,28-33,37-38H,2-3,8-9,12-20H2,1,4H3,(H,36,39)/t21-,24+,25+,26+,28+,29-,30+,31+,32-,33-/m1/s1. The lowest BCUT2D eigenvalue weighted by Crippen LogP contribution is -2.37. The minimum absolute atomic E-state index is 0.0390. The molecule has 0 unspecified atom stereocenters. The van der Waals surface area contributed by atoms with Gasteiger partial charge in [-0.05, 0) is 67.7 Å². The Morgan fingerprint density at radius 1 is 1.17 bits per heavy atom. The number of cyclic esters (lactones) is 1. The van der Waals surface area contributed by atoms with Crippen LogP contribution in [0.1, 0.15) is 58.3 Å². The van der Waals surface area contributed by atoms with Gasteiger partial charge in [-0.25, -0.2) is 13.2 Å². The van der Waals surface area contributed by atoms with Crippen molar-refractivity contribution in [2.75, 3.05) is 26.0 Å². The first-order valence-corrected chi connectivity index (χ1v) is 18.4. The molecule has 0 radical (unpaired) electrons. The SMILES string of the molecule is C=C([C@H](C)C[C@@H](Cl)CC[C@@H]1O[C@@H](CCCO)CC1=C)[C@H](O)C[C@@H]1O[C@H](C[C@H]2CNC(=O)O2)[C@H](OC)[C@H]1CS(=O)(=O)c1ccccc1. The van der Waals surface area contributed by atoms with E-state index in [0.29, 0.717) is 37.8 Å². The first-order valence-electron chi connectivity index (χ1n) is 16.3. The molecule has 1 amide bonds. The predicted octanol–water partition coefficient (Wildman–Crippen LogP) is 4.56. The maximum atomic E-state index is 13.5. The van der Waals surface area contributed by atoms with Gasteiger partial charge in [-0.2, -0.15) is 0 Å². The molecule has 0 bridgehead atoms. The molecule has 10 nitrogen and oxygen atoms in total. The van der Waals surface area contributed by atoms with Crippen LogP contribution >= 0.6 is 11.6 Å². The Morgan fingerprint density at radius 2 is 1.91 bits per heavy atom. The van der Waals surface area contributed by atoms with Crippen LogP contribution in [0.25, 0.3) is 0 Å². The Morgan fingerprint density at radius 3 is 2.57 bits per heavy atom. The molecule has 3 N–H and O–H groups in total. The Labute approximate surface area is 278 Å². The Balaban J connectivity index is 1.37. The number of halogens is 1. The van der Waals surface area contributed by atoms with Crippen molar-refractivity contribution in [1.29, 1.82) is 0 Å². The van der Waals surface area contributed by atoms with E-state index < -0.39 is 52.4 Å². The fourth-order valence-electron chi connectivity index (χ4n) is 6.89. The molecule has 10 atom stereocenters. The minimum atomic E-state index is -3.70. The highest BCUT2D eigenvalue weighted by molar-refractivity contribution is 7.91. The van der Waals surface area contributed by atoms with Crippen LogP contribution in [0.4, 0.5) is 4.79 Å². The molecule has 46 heavy (non-hydrogen) atoms. The molecule has 3 aliphatic heterocycles. The fourth-order valence-corrected chi connectivity index (χ4v) is 8.95. The fraction of sp³-hybridized carbons (Fsp3) is 0.676. The van der Waals surface area contributed by atoms with E-state index in [1.807, 2.05) is 6.92 Å². The first kappa shape index (κ1) is 36.8. The van der Waals surface area contributed by atoms with Crippen molar-refractivity contribution in [2.24, 2.45) is 11.8 Å². The van der Waals surface area contributed by atoms with Crippen LogP contribution in [0, 0.1) is 11.8 Å². The van der Waals surface area contributed by atoms with Crippen LogP contribution in [0.5, 0.6) is 0 Å². The summed E-state index contributed by atoms with van der Waals surface area (Å²) in [7, 11) is -2.18. The van der Waals surface area contributed by atoms with Gasteiger partial charge in [0.25, 0.3) is 0 Å². The lowest BCUT2D eigenvalue weighted by Gasteiger charge is -2.27. The summed E-state index contributed by atoms with van der Waals surface area (Å²) in [6.45, 7) is 10.8. The van der Waals surface area contributed by atoms with Crippen LogP contribution < -0.4 is 5.32 Å². The molecule has 3 saturated heterocycles. The molecular formula is C34H50ClNO9S. The number of carbonyl (C=O) groups is 1. The van der Waals surface area contributed by atoms with Gasteiger partial charge in [-0.1, -0.05) is 38.3 Å². The van der Waals surface area contributed by atoms with E-state index in [-0.39, 0.29) is 47.2 Å². The number of nitrogens with one attached hydrogen (secondary N) is 1. The van der Waals surface area contributed by atoms with E-state index in [9.17, 15) is 18.3 Å². The number of alkyl halides is 1. The number of hydrogen-bond donors (Lipinski definition) is 3. The molecule has 12 heteroatoms. The van der Waals surface area contributed by atoms with Gasteiger partial charge in [0.1, 0.15) is 6.10 Å². The Bertz CT molecular complexity index is 1280. The number of aliphatic hydroxyl groups excluding tert-OH is 2. The van der Waals surface area contributed by atoms with Gasteiger partial charge in [0.15, 0.2) is 9.84 Å². The lowest BCUT2D eigenvalue weighted by molar-refractivity contribution is -0.0350. The van der Waals surface area contributed by atoms with E-state index in [1.54, 1.807) is 30.3 Å². The number of sulfone groups is 1. The number of methoxy groups -OCH3 is 1. The van der Waals surface area contributed by atoms with Crippen molar-refractivity contribution in [3.8, 4) is 0 Å². The normalized spacial score (nSPS) is 30.2. The van der Waals surface area contributed by atoms with Crippen LogP contribution in [0.15, 0.2) is 59.5 Å². The number of ether oxygens (including phenoxy) is 4. The Kier molecular flexibility index (Phi) is 13.5. The molecule has 0 spiro atoms. The minimum Gasteiger partial charge on any atom is -0.444 e. The third kappa shape index (κ3) is 9.78. The first-order chi connectivity index (χ1) is 21.9. The van der Waals surface area contributed by atoms with Crippen LogP contribution in [0.2, 0.25) is 0 Å². The highest BCUT2D eigenvalue weighted by Gasteiger charge is 2.48. The van der Waals surface area contributed by atoms with E-state index in [0.717, 1.165) is 24.8 Å². The number of amides is 1. The largest absolute Gasteiger partial charge is 0.444 e. The summed E-state index contributed by atoms with van der Waals surface area (Å²) in [6, 6.07) is 8.25. The monoisotopic (exact) mass is 683 g/mol. The van der Waals surface area contributed by atoms with Crippen molar-refractivity contribution in [1.82, 2.24) is 5.32 Å². The molecule has 3 aliphatic rings. The van der Waals surface area contributed by atoms with Crippen molar-refractivity contribution >= 4 is 27.5 Å². The second-order valence-corrected chi connectivity index (χ2v) is 15.6. The highest BCUT2D eigenvalue weighted by atomic mass is 35.5. The third-order valence-electron chi connectivity index (χ3n) is 9.50. The average molecular weight is 684 g/mol. The van der Waals surface area contributed by atoms with Crippen molar-refractivity contribution in [3.63, 3.8) is 0 Å². The van der Waals surface area contributed by atoms with Crippen LogP contribution in [-0.4, -0.2) is 98.8 Å². The number of hydrogen-bond acceptors (Lipinski definition) is 9. The van der Waals surface area contributed by atoms with Gasteiger partial charge in [0.05, 0.1) is 53.8 Å². The van der Waals surface area contributed by atoms with Crippen molar-refractivity contribution in [2.45, 2.75) is 111 Å². The summed E-state index contributed by atoms with van der Waals surface area (Å²) in [5, 5.41) is 22.9. The molecule has 4 rings (SSSR count). The molecule has 0 saturated carbocycles. The lowest BCUT2D eigenvalue weighted by atomic mass is 9.86. The number of benzene rings is 1. The zero-order valence-electron chi connectivity index (χ0n) is 26.9. The van der Waals surface area contributed by atoms with Crippen molar-refractivity contribution < 1.29 is 42.4 Å². The van der Waals surface area contributed by atoms with Gasteiger partial charge in [0, 0.05) is 37.9 Å². The van der Waals surface area contributed by atoms with Crippen LogP contribution in [0.3, 0.4) is 0 Å². The summed E-state index contributed by atoms with van der Waals surface area (Å²) in [6.07, 6.45) is 1.25. The van der Waals surface area contributed by atoms with Gasteiger partial charge in [-0.3, -0.25) is 0 Å². The summed E-state index contributed by atoms with van der Waals surface area (Å²) < 4.78 is 50.6. The summed E-state index contributed by atoms with van der Waals surface area (Å²) in [5.41, 5.74) is 1.67. The average Bonchev–Trinajstić information content (AvgIpc) is 3.70. The third-order valence-corrected chi connectivity index (χ3v) is 11.7. The molecule has 0 aliphatic carbocycles. The van der Waals surface area contributed by atoms with Gasteiger partial charge >= 0.3 is 6.09 Å². The molecule has 258 valence electrons. The molecule has 3 heterocycles. The zero-order chi connectivity index (χ0) is 33.4. The predicted molar refractivity (Wildman–Crippen MR) is 175 cm³/mol. The van der Waals surface area contributed by atoms with E-state index in [4.69, 9.17) is 35.7 Å². The highest BCUT2D eigenvalue weighted by Crippen LogP contribution is 2.38. The van der Waals surface area contributed by atoms with E-state index in [1.165, 1.54) is 7.11 Å². The number of alkyl carbamates (subject to hydrolysis) is 1. The summed E-state index contributed by atoms with van der Waals surface area (Å²) in [4.78, 5) is 11.8. The van der Waals surface area contributed by atoms with Gasteiger partial charge in [-0.15, -0.1) is 11.6 Å². The molecule has 3 fully saturated rings. The second-order valence-electron chi connectivity index (χ2n) is 12.9. The maximum absolute atomic E-state index is 13.5. The molecule has 1 aromatic rings. The maximum Gasteiger partial charge on any atom is 0.407 e. The summed E-state index contributed by atoms with van der Waals surface area (Å²) in [5.74, 6) is -0.911. The number of aliphatic hydroxyl groups is 2. The topological polar surface area (TPSA) is 141 Å². The van der Waals surface area contributed by atoms with Gasteiger partial charge in [0.2, 0.25) is 0 Å². The quantitative estimate of drug-likeness (QED) is 0.150. The molecule has 1 aromatic carbocycles. The molecule has 0 aromatic heterocycles. The second kappa shape index (κ2) is 16.9. The smallest absolute Gasteiger partial charge is 0.407 e. The zero-order valence-corrected chi connectivity index (χ0v) is 28.5. The number of rotatable bonds is 18. The van der Waals surface area contributed by atoms with E-state index in [2.05, 4.69) is 18.5 Å². The Hall–Kier alpha value is -1.99. The van der Waals surface area contributed by atoms with Gasteiger partial charge < -0.3 is 34.5 Å². The van der Waals surface area contributed by atoms with E-state index >= 15 is 0 Å². The molecular weight excluding hydrogens is 634 g/mol. The number of carbonyl (C=O) groups excluding carboxylic acids is 1.